The molecule has 1 aliphatic rings. The molecule has 2 aromatic rings. The molecule has 6 nitrogen and oxygen atoms in total. The maximum Gasteiger partial charge on any atom is 0.238 e. The molecule has 30 heavy (non-hydrogen) atoms. The van der Waals surface area contributed by atoms with Crippen LogP contribution in [0.2, 0.25) is 0 Å². The number of anilines is 1. The molecule has 0 aliphatic carbocycles. The predicted octanol–water partition coefficient (Wildman–Crippen LogP) is 3.10. The number of hydrogen-bond donors (Lipinski definition) is 1. The fraction of sp³-hybridized carbons (Fsp3) is 0.364. The smallest absolute Gasteiger partial charge is 0.238 e. The highest BCUT2D eigenvalue weighted by Crippen LogP contribution is 2.22. The number of piperazine rings is 1. The zero-order valence-electron chi connectivity index (χ0n) is 17.0. The minimum atomic E-state index is -0.337. The van der Waals surface area contributed by atoms with E-state index in [4.69, 9.17) is 4.74 Å². The van der Waals surface area contributed by atoms with Crippen molar-refractivity contribution in [3.8, 4) is 5.75 Å². The van der Waals surface area contributed by atoms with E-state index < -0.39 is 0 Å². The lowest BCUT2D eigenvalue weighted by Gasteiger charge is -2.34. The summed E-state index contributed by atoms with van der Waals surface area (Å²) in [6, 6.07) is 13.5. The quantitative estimate of drug-likeness (QED) is 0.651. The van der Waals surface area contributed by atoms with Gasteiger partial charge in [-0.15, -0.1) is 11.8 Å². The third-order valence-electron chi connectivity index (χ3n) is 4.86. The normalized spacial score (nSPS) is 14.4. The number of methoxy groups -OCH3 is 1. The first kappa shape index (κ1) is 22.1. The highest BCUT2D eigenvalue weighted by Gasteiger charge is 2.22. The number of nitrogens with one attached hydrogen (secondary N) is 1. The number of thioether (sulfide) groups is 1. The fourth-order valence-electron chi connectivity index (χ4n) is 3.18. The van der Waals surface area contributed by atoms with Crippen LogP contribution in [-0.4, -0.2) is 67.2 Å². The monoisotopic (exact) mass is 431 g/mol. The standard InChI is InChI=1S/C22H26FN3O3S/c1-29-19-6-8-20(9-7-19)30-15-10-22(28)26-13-11-25(12-14-26)16-21(27)24-18-4-2-17(23)3-5-18/h2-9H,10-16H2,1H3,(H,24,27). The summed E-state index contributed by atoms with van der Waals surface area (Å²) in [4.78, 5) is 29.6. The van der Waals surface area contributed by atoms with Crippen molar-refractivity contribution in [2.45, 2.75) is 11.3 Å². The predicted molar refractivity (Wildman–Crippen MR) is 116 cm³/mol. The lowest BCUT2D eigenvalue weighted by Crippen LogP contribution is -2.50. The topological polar surface area (TPSA) is 61.9 Å². The molecule has 0 radical (unpaired) electrons. The molecule has 160 valence electrons. The van der Waals surface area contributed by atoms with E-state index in [1.807, 2.05) is 34.1 Å². The first-order chi connectivity index (χ1) is 14.5. The third-order valence-corrected chi connectivity index (χ3v) is 5.88. The summed E-state index contributed by atoms with van der Waals surface area (Å²) in [7, 11) is 1.64. The molecule has 2 aromatic carbocycles. The third kappa shape index (κ3) is 6.74. The fourth-order valence-corrected chi connectivity index (χ4v) is 4.02. The van der Waals surface area contributed by atoms with Gasteiger partial charge in [0.25, 0.3) is 0 Å². The van der Waals surface area contributed by atoms with Gasteiger partial charge < -0.3 is 15.0 Å². The summed E-state index contributed by atoms with van der Waals surface area (Å²) in [5, 5.41) is 2.76. The molecular weight excluding hydrogens is 405 g/mol. The van der Waals surface area contributed by atoms with Crippen LogP contribution in [0.3, 0.4) is 0 Å². The zero-order chi connectivity index (χ0) is 21.3. The van der Waals surface area contributed by atoms with Gasteiger partial charge in [-0.2, -0.15) is 0 Å². The van der Waals surface area contributed by atoms with Crippen LogP contribution in [0, 0.1) is 5.82 Å². The molecule has 2 amide bonds. The van der Waals surface area contributed by atoms with Crippen molar-refractivity contribution in [1.29, 1.82) is 0 Å². The molecule has 0 atom stereocenters. The van der Waals surface area contributed by atoms with Crippen LogP contribution in [0.5, 0.6) is 5.75 Å². The number of halogens is 1. The van der Waals surface area contributed by atoms with Gasteiger partial charge in [0.1, 0.15) is 11.6 Å². The Morgan fingerprint density at radius 2 is 1.70 bits per heavy atom. The lowest BCUT2D eigenvalue weighted by atomic mass is 10.2. The van der Waals surface area contributed by atoms with Gasteiger partial charge in [0, 0.05) is 48.9 Å². The molecule has 3 rings (SSSR count). The first-order valence-electron chi connectivity index (χ1n) is 9.86. The van der Waals surface area contributed by atoms with E-state index in [1.165, 1.54) is 24.3 Å². The number of benzene rings is 2. The molecular formula is C22H26FN3O3S. The molecule has 1 heterocycles. The SMILES string of the molecule is COc1ccc(SCCC(=O)N2CCN(CC(=O)Nc3ccc(F)cc3)CC2)cc1. The van der Waals surface area contributed by atoms with Gasteiger partial charge in [0.2, 0.25) is 11.8 Å². The zero-order valence-corrected chi connectivity index (χ0v) is 17.8. The Kier molecular flexibility index (Phi) is 8.10. The van der Waals surface area contributed by atoms with Gasteiger partial charge >= 0.3 is 0 Å². The van der Waals surface area contributed by atoms with E-state index in [9.17, 15) is 14.0 Å². The summed E-state index contributed by atoms with van der Waals surface area (Å²) < 4.78 is 18.1. The first-order valence-corrected chi connectivity index (χ1v) is 10.8. The molecule has 1 aliphatic heterocycles. The van der Waals surface area contributed by atoms with Crippen molar-refractivity contribution in [3.05, 3.63) is 54.3 Å². The Bertz CT molecular complexity index is 838. The largest absolute Gasteiger partial charge is 0.497 e. The Morgan fingerprint density at radius 1 is 1.03 bits per heavy atom. The number of carbonyl (C=O) groups is 2. The van der Waals surface area contributed by atoms with Crippen LogP contribution in [0.4, 0.5) is 10.1 Å². The molecule has 1 N–H and O–H groups in total. The van der Waals surface area contributed by atoms with Gasteiger partial charge in [0.05, 0.1) is 13.7 Å². The number of carbonyl (C=O) groups excluding carboxylic acids is 2. The number of hydrogen-bond acceptors (Lipinski definition) is 5. The van der Waals surface area contributed by atoms with E-state index >= 15 is 0 Å². The molecule has 0 unspecified atom stereocenters. The van der Waals surface area contributed by atoms with Crippen LogP contribution < -0.4 is 10.1 Å². The minimum absolute atomic E-state index is 0.141. The summed E-state index contributed by atoms with van der Waals surface area (Å²) in [6.07, 6.45) is 0.488. The van der Waals surface area contributed by atoms with Crippen LogP contribution in [0.15, 0.2) is 53.4 Å². The van der Waals surface area contributed by atoms with Crippen molar-refractivity contribution < 1.29 is 18.7 Å². The number of ether oxygens (including phenoxy) is 1. The van der Waals surface area contributed by atoms with Crippen molar-refractivity contribution in [1.82, 2.24) is 9.80 Å². The molecule has 0 aromatic heterocycles. The maximum absolute atomic E-state index is 12.9. The number of amides is 2. The van der Waals surface area contributed by atoms with Crippen LogP contribution in [0.1, 0.15) is 6.42 Å². The molecule has 1 fully saturated rings. The molecule has 8 heteroatoms. The Hall–Kier alpha value is -2.58. The highest BCUT2D eigenvalue weighted by molar-refractivity contribution is 7.99. The molecule has 1 saturated heterocycles. The number of nitrogens with zero attached hydrogens (tertiary/aromatic N) is 2. The second-order valence-corrected chi connectivity index (χ2v) is 8.15. The molecule has 0 saturated carbocycles. The van der Waals surface area contributed by atoms with E-state index in [2.05, 4.69) is 5.32 Å². The van der Waals surface area contributed by atoms with Gasteiger partial charge in [-0.1, -0.05) is 0 Å². The summed E-state index contributed by atoms with van der Waals surface area (Å²) >= 11 is 1.65. The van der Waals surface area contributed by atoms with E-state index in [0.29, 0.717) is 38.3 Å². The summed E-state index contributed by atoms with van der Waals surface area (Å²) in [5.74, 6) is 1.21. The van der Waals surface area contributed by atoms with Crippen molar-refractivity contribution in [2.24, 2.45) is 0 Å². The van der Waals surface area contributed by atoms with Gasteiger partial charge in [0.15, 0.2) is 0 Å². The average molecular weight is 432 g/mol. The second kappa shape index (κ2) is 11.0. The van der Waals surface area contributed by atoms with Crippen LogP contribution >= 0.6 is 11.8 Å². The van der Waals surface area contributed by atoms with Crippen LogP contribution in [0.25, 0.3) is 0 Å². The summed E-state index contributed by atoms with van der Waals surface area (Å²) in [5.41, 5.74) is 0.574. The Morgan fingerprint density at radius 3 is 2.33 bits per heavy atom. The van der Waals surface area contributed by atoms with E-state index in [-0.39, 0.29) is 24.2 Å². The van der Waals surface area contributed by atoms with Gasteiger partial charge in [-0.25, -0.2) is 4.39 Å². The van der Waals surface area contributed by atoms with Crippen molar-refractivity contribution in [2.75, 3.05) is 50.9 Å². The van der Waals surface area contributed by atoms with Crippen molar-refractivity contribution >= 4 is 29.3 Å². The Labute approximate surface area is 180 Å². The van der Waals surface area contributed by atoms with Gasteiger partial charge in [-0.3, -0.25) is 14.5 Å². The molecule has 0 bridgehead atoms. The summed E-state index contributed by atoms with van der Waals surface area (Å²) in [6.45, 7) is 2.82. The van der Waals surface area contributed by atoms with Gasteiger partial charge in [-0.05, 0) is 48.5 Å². The maximum atomic E-state index is 12.9. The minimum Gasteiger partial charge on any atom is -0.497 e. The van der Waals surface area contributed by atoms with Crippen molar-refractivity contribution in [3.63, 3.8) is 0 Å². The number of rotatable bonds is 8. The Balaban J connectivity index is 1.34. The lowest BCUT2D eigenvalue weighted by molar-refractivity contribution is -0.132. The molecule has 0 spiro atoms. The van der Waals surface area contributed by atoms with Crippen LogP contribution in [-0.2, 0) is 9.59 Å². The second-order valence-electron chi connectivity index (χ2n) is 6.99. The van der Waals surface area contributed by atoms with E-state index in [1.54, 1.807) is 18.9 Å². The highest BCUT2D eigenvalue weighted by atomic mass is 32.2. The average Bonchev–Trinajstić information content (AvgIpc) is 2.76. The van der Waals surface area contributed by atoms with E-state index in [0.717, 1.165) is 16.4 Å².